The highest BCUT2D eigenvalue weighted by Gasteiger charge is 2.22. The van der Waals surface area contributed by atoms with Crippen LogP contribution in [0.5, 0.6) is 0 Å². The molecule has 1 amide bonds. The van der Waals surface area contributed by atoms with Crippen LogP contribution in [0.4, 0.5) is 11.4 Å². The van der Waals surface area contributed by atoms with Crippen molar-refractivity contribution in [2.45, 2.75) is 31.6 Å². The third-order valence-corrected chi connectivity index (χ3v) is 5.46. The molecule has 2 N–H and O–H groups in total. The molecule has 144 valence electrons. The predicted octanol–water partition coefficient (Wildman–Crippen LogP) is 2.64. The van der Waals surface area contributed by atoms with Crippen molar-refractivity contribution >= 4 is 27.3 Å². The number of benzene rings is 2. The van der Waals surface area contributed by atoms with Gasteiger partial charge < -0.3 is 5.32 Å². The van der Waals surface area contributed by atoms with E-state index in [9.17, 15) is 23.3 Å². The normalized spacial score (nSPS) is 11.2. The van der Waals surface area contributed by atoms with E-state index in [2.05, 4.69) is 10.0 Å². The van der Waals surface area contributed by atoms with Crippen molar-refractivity contribution in [2.75, 3.05) is 11.9 Å². The van der Waals surface area contributed by atoms with E-state index in [4.69, 9.17) is 0 Å². The first-order valence-electron chi connectivity index (χ1n) is 8.42. The second-order valence-electron chi connectivity index (χ2n) is 5.83. The van der Waals surface area contributed by atoms with Crippen molar-refractivity contribution in [3.63, 3.8) is 0 Å². The maximum Gasteiger partial charge on any atom is 0.270 e. The number of non-ortho nitro benzene ring substituents is 1. The Morgan fingerprint density at radius 1 is 1.11 bits per heavy atom. The number of hydrogen-bond acceptors (Lipinski definition) is 5. The van der Waals surface area contributed by atoms with Crippen LogP contribution >= 0.6 is 0 Å². The lowest BCUT2D eigenvalue weighted by Crippen LogP contribution is -2.33. The van der Waals surface area contributed by atoms with Gasteiger partial charge in [0, 0.05) is 17.8 Å². The first-order valence-corrected chi connectivity index (χ1v) is 9.91. The lowest BCUT2D eigenvalue weighted by Gasteiger charge is -2.11. The molecule has 0 aliphatic rings. The lowest BCUT2D eigenvalue weighted by atomic mass is 10.1. The van der Waals surface area contributed by atoms with E-state index in [-0.39, 0.29) is 10.6 Å². The van der Waals surface area contributed by atoms with E-state index in [0.717, 1.165) is 18.1 Å². The van der Waals surface area contributed by atoms with Gasteiger partial charge in [0.05, 0.1) is 16.4 Å². The molecule has 0 saturated carbocycles. The van der Waals surface area contributed by atoms with Crippen LogP contribution in [0.2, 0.25) is 0 Å². The topological polar surface area (TPSA) is 118 Å². The number of nitro benzene ring substituents is 1. The van der Waals surface area contributed by atoms with Gasteiger partial charge in [0.2, 0.25) is 15.9 Å². The zero-order valence-electron chi connectivity index (χ0n) is 15.1. The molecule has 0 fully saturated rings. The SMILES string of the molecule is CCc1cccc(NC(=O)CNS(=O)(=O)c2cc([N+](=O)[O-])ccc2CC)c1. The smallest absolute Gasteiger partial charge is 0.270 e. The van der Waals surface area contributed by atoms with E-state index < -0.39 is 27.4 Å². The molecule has 2 rings (SSSR count). The van der Waals surface area contributed by atoms with Gasteiger partial charge in [0.25, 0.3) is 5.69 Å². The average molecular weight is 391 g/mol. The second kappa shape index (κ2) is 8.74. The van der Waals surface area contributed by atoms with Crippen molar-refractivity contribution in [3.8, 4) is 0 Å². The van der Waals surface area contributed by atoms with Crippen LogP contribution in [0.25, 0.3) is 0 Å². The second-order valence-corrected chi connectivity index (χ2v) is 7.56. The third-order valence-electron chi connectivity index (χ3n) is 3.97. The summed E-state index contributed by atoms with van der Waals surface area (Å²) >= 11 is 0. The Morgan fingerprint density at radius 2 is 1.85 bits per heavy atom. The summed E-state index contributed by atoms with van der Waals surface area (Å²) in [6.07, 6.45) is 1.19. The van der Waals surface area contributed by atoms with Gasteiger partial charge in [-0.15, -0.1) is 0 Å². The maximum atomic E-state index is 12.5. The van der Waals surface area contributed by atoms with Gasteiger partial charge in [-0.3, -0.25) is 14.9 Å². The van der Waals surface area contributed by atoms with E-state index in [1.807, 2.05) is 19.1 Å². The summed E-state index contributed by atoms with van der Waals surface area (Å²) in [5, 5.41) is 13.6. The van der Waals surface area contributed by atoms with Gasteiger partial charge in [0.1, 0.15) is 0 Å². The number of rotatable bonds is 8. The van der Waals surface area contributed by atoms with Crippen molar-refractivity contribution in [2.24, 2.45) is 0 Å². The number of carbonyl (C=O) groups excluding carboxylic acids is 1. The Bertz CT molecular complexity index is 957. The summed E-state index contributed by atoms with van der Waals surface area (Å²) in [5.74, 6) is -0.532. The summed E-state index contributed by atoms with van der Waals surface area (Å²) in [6, 6.07) is 10.9. The molecule has 0 heterocycles. The number of carbonyl (C=O) groups is 1. The average Bonchev–Trinajstić information content (AvgIpc) is 2.66. The van der Waals surface area contributed by atoms with Crippen LogP contribution in [0.15, 0.2) is 47.4 Å². The number of nitro groups is 1. The zero-order chi connectivity index (χ0) is 20.0. The minimum Gasteiger partial charge on any atom is -0.325 e. The highest BCUT2D eigenvalue weighted by molar-refractivity contribution is 7.89. The molecule has 9 heteroatoms. The molecule has 0 aliphatic heterocycles. The molecule has 2 aromatic rings. The lowest BCUT2D eigenvalue weighted by molar-refractivity contribution is -0.385. The highest BCUT2D eigenvalue weighted by Crippen LogP contribution is 2.22. The molecule has 0 atom stereocenters. The number of nitrogens with zero attached hydrogens (tertiary/aromatic N) is 1. The van der Waals surface area contributed by atoms with E-state index >= 15 is 0 Å². The van der Waals surface area contributed by atoms with E-state index in [1.54, 1.807) is 19.1 Å². The molecule has 0 unspecified atom stereocenters. The van der Waals surface area contributed by atoms with Crippen LogP contribution < -0.4 is 10.0 Å². The van der Waals surface area contributed by atoms with Crippen molar-refractivity contribution in [3.05, 3.63) is 63.7 Å². The Hall–Kier alpha value is -2.78. The molecule has 0 aromatic heterocycles. The van der Waals surface area contributed by atoms with Crippen molar-refractivity contribution < 1.29 is 18.1 Å². The minimum absolute atomic E-state index is 0.194. The van der Waals surface area contributed by atoms with Gasteiger partial charge in [-0.25, -0.2) is 13.1 Å². The van der Waals surface area contributed by atoms with E-state index in [0.29, 0.717) is 17.7 Å². The van der Waals surface area contributed by atoms with Gasteiger partial charge in [0.15, 0.2) is 0 Å². The fraction of sp³-hybridized carbons (Fsp3) is 0.278. The summed E-state index contributed by atoms with van der Waals surface area (Å²) in [4.78, 5) is 22.1. The standard InChI is InChI=1S/C18H21N3O5S/c1-3-13-6-5-7-15(10-13)20-18(22)12-19-27(25,26)17-11-16(21(23)24)9-8-14(17)4-2/h5-11,19H,3-4,12H2,1-2H3,(H,20,22). The first kappa shape index (κ1) is 20.5. The summed E-state index contributed by atoms with van der Waals surface area (Å²) in [5.41, 5.74) is 1.72. The van der Waals surface area contributed by atoms with Crippen molar-refractivity contribution in [1.29, 1.82) is 0 Å². The Balaban J connectivity index is 2.13. The van der Waals surface area contributed by atoms with Crippen LogP contribution in [0.1, 0.15) is 25.0 Å². The molecule has 0 radical (unpaired) electrons. The first-order chi connectivity index (χ1) is 12.8. The fourth-order valence-electron chi connectivity index (χ4n) is 2.51. The van der Waals surface area contributed by atoms with Crippen LogP contribution in [0.3, 0.4) is 0 Å². The van der Waals surface area contributed by atoms with Gasteiger partial charge in [-0.2, -0.15) is 0 Å². The highest BCUT2D eigenvalue weighted by atomic mass is 32.2. The Kier molecular flexibility index (Phi) is 6.65. The Morgan fingerprint density at radius 3 is 2.48 bits per heavy atom. The summed E-state index contributed by atoms with van der Waals surface area (Å²) in [6.45, 7) is 3.25. The number of aryl methyl sites for hydroxylation is 2. The van der Waals surface area contributed by atoms with Gasteiger partial charge >= 0.3 is 0 Å². The molecule has 0 saturated heterocycles. The summed E-state index contributed by atoms with van der Waals surface area (Å²) in [7, 11) is -4.07. The minimum atomic E-state index is -4.07. The number of sulfonamides is 1. The molecule has 0 bridgehead atoms. The van der Waals surface area contributed by atoms with Crippen molar-refractivity contribution in [1.82, 2.24) is 4.72 Å². The molecule has 27 heavy (non-hydrogen) atoms. The molecular weight excluding hydrogens is 370 g/mol. The molecule has 0 spiro atoms. The molecule has 8 nitrogen and oxygen atoms in total. The molecular formula is C18H21N3O5S. The largest absolute Gasteiger partial charge is 0.325 e. The summed E-state index contributed by atoms with van der Waals surface area (Å²) < 4.78 is 27.3. The number of anilines is 1. The van der Waals surface area contributed by atoms with Gasteiger partial charge in [-0.05, 0) is 36.1 Å². The molecule has 2 aromatic carbocycles. The predicted molar refractivity (Wildman–Crippen MR) is 102 cm³/mol. The quantitative estimate of drug-likeness (QED) is 0.530. The van der Waals surface area contributed by atoms with Crippen LogP contribution in [-0.4, -0.2) is 25.8 Å². The number of amides is 1. The fourth-order valence-corrected chi connectivity index (χ4v) is 3.82. The Labute approximate surface area is 157 Å². The van der Waals surface area contributed by atoms with Crippen LogP contribution in [0, 0.1) is 10.1 Å². The number of hydrogen-bond donors (Lipinski definition) is 2. The van der Waals surface area contributed by atoms with Crippen LogP contribution in [-0.2, 0) is 27.7 Å². The van der Waals surface area contributed by atoms with Gasteiger partial charge in [-0.1, -0.05) is 32.0 Å². The van der Waals surface area contributed by atoms with E-state index in [1.165, 1.54) is 12.1 Å². The monoisotopic (exact) mass is 391 g/mol. The zero-order valence-corrected chi connectivity index (χ0v) is 15.9. The third kappa shape index (κ3) is 5.35. The molecule has 0 aliphatic carbocycles. The maximum absolute atomic E-state index is 12.5. The number of nitrogens with one attached hydrogen (secondary N) is 2.